The number of aromatic nitrogens is 2. The van der Waals surface area contributed by atoms with Crippen molar-refractivity contribution in [1.29, 1.82) is 0 Å². The van der Waals surface area contributed by atoms with Gasteiger partial charge in [-0.25, -0.2) is 0 Å². The Labute approximate surface area is 124 Å². The minimum atomic E-state index is 0.0395. The number of aryl methyl sites for hydroxylation is 3. The fraction of sp³-hybridized carbons (Fsp3) is 0.467. The summed E-state index contributed by atoms with van der Waals surface area (Å²) < 4.78 is 1.85. The Balaban J connectivity index is 2.12. The fourth-order valence-corrected chi connectivity index (χ4v) is 3.09. The van der Waals surface area contributed by atoms with Gasteiger partial charge in [-0.2, -0.15) is 5.10 Å². The average Bonchev–Trinajstić information content (AvgIpc) is 2.96. The van der Waals surface area contributed by atoms with Crippen LogP contribution in [-0.2, 0) is 13.1 Å². The number of rotatable bonds is 5. The van der Waals surface area contributed by atoms with Crippen molar-refractivity contribution in [2.75, 3.05) is 7.05 Å². The molecule has 1 amide bonds. The Kier molecular flexibility index (Phi) is 4.60. The van der Waals surface area contributed by atoms with Crippen LogP contribution >= 0.6 is 11.3 Å². The van der Waals surface area contributed by atoms with Gasteiger partial charge in [0.2, 0.25) is 0 Å². The minimum Gasteiger partial charge on any atom is -0.336 e. The molecule has 0 spiro atoms. The van der Waals surface area contributed by atoms with Crippen LogP contribution in [0, 0.1) is 13.8 Å². The molecule has 108 valence electrons. The van der Waals surface area contributed by atoms with Crippen molar-refractivity contribution in [1.82, 2.24) is 14.7 Å². The van der Waals surface area contributed by atoms with Crippen molar-refractivity contribution >= 4 is 17.2 Å². The lowest BCUT2D eigenvalue weighted by molar-refractivity contribution is 0.0785. The number of hydrogen-bond donors (Lipinski definition) is 0. The summed E-state index contributed by atoms with van der Waals surface area (Å²) in [6, 6.07) is 2.09. The lowest BCUT2D eigenvalue weighted by Gasteiger charge is -2.16. The number of amides is 1. The van der Waals surface area contributed by atoms with E-state index in [-0.39, 0.29) is 5.91 Å². The summed E-state index contributed by atoms with van der Waals surface area (Å²) in [5, 5.41) is 6.45. The quantitative estimate of drug-likeness (QED) is 0.848. The van der Waals surface area contributed by atoms with E-state index in [4.69, 9.17) is 0 Å². The van der Waals surface area contributed by atoms with Crippen LogP contribution in [0.3, 0.4) is 0 Å². The zero-order valence-corrected chi connectivity index (χ0v) is 13.3. The van der Waals surface area contributed by atoms with Gasteiger partial charge in [0, 0.05) is 24.7 Å². The summed E-state index contributed by atoms with van der Waals surface area (Å²) in [6.07, 6.45) is 2.87. The lowest BCUT2D eigenvalue weighted by atomic mass is 10.2. The molecule has 0 saturated heterocycles. The van der Waals surface area contributed by atoms with Crippen LogP contribution in [0.4, 0.5) is 0 Å². The second-order valence-corrected chi connectivity index (χ2v) is 6.08. The Morgan fingerprint density at radius 2 is 2.20 bits per heavy atom. The zero-order chi connectivity index (χ0) is 14.7. The third-order valence-corrected chi connectivity index (χ3v) is 4.33. The van der Waals surface area contributed by atoms with Gasteiger partial charge in [-0.05, 0) is 37.3 Å². The summed E-state index contributed by atoms with van der Waals surface area (Å²) in [7, 11) is 1.85. The number of thiophene rings is 1. The van der Waals surface area contributed by atoms with Crippen molar-refractivity contribution in [3.63, 3.8) is 0 Å². The van der Waals surface area contributed by atoms with Gasteiger partial charge in [0.1, 0.15) is 0 Å². The maximum atomic E-state index is 12.5. The molecule has 0 fully saturated rings. The molecular weight excluding hydrogens is 270 g/mol. The molecule has 2 heterocycles. The number of carbonyl (C=O) groups is 1. The van der Waals surface area contributed by atoms with Gasteiger partial charge < -0.3 is 4.90 Å². The van der Waals surface area contributed by atoms with E-state index in [2.05, 4.69) is 30.4 Å². The Morgan fingerprint density at radius 1 is 1.45 bits per heavy atom. The van der Waals surface area contributed by atoms with E-state index < -0.39 is 0 Å². The van der Waals surface area contributed by atoms with Crippen molar-refractivity contribution in [2.45, 2.75) is 40.3 Å². The second-order valence-electron chi connectivity index (χ2n) is 5.08. The van der Waals surface area contributed by atoms with Crippen molar-refractivity contribution in [3.05, 3.63) is 39.3 Å². The third-order valence-electron chi connectivity index (χ3n) is 3.33. The van der Waals surface area contributed by atoms with E-state index in [0.29, 0.717) is 12.1 Å². The number of nitrogens with zero attached hydrogens (tertiary/aromatic N) is 3. The van der Waals surface area contributed by atoms with Crippen molar-refractivity contribution < 1.29 is 4.79 Å². The predicted octanol–water partition coefficient (Wildman–Crippen LogP) is 3.24. The van der Waals surface area contributed by atoms with E-state index in [1.54, 1.807) is 16.2 Å². The van der Waals surface area contributed by atoms with E-state index in [9.17, 15) is 4.79 Å². The minimum absolute atomic E-state index is 0.0395. The largest absolute Gasteiger partial charge is 0.336 e. The van der Waals surface area contributed by atoms with Crippen molar-refractivity contribution in [3.8, 4) is 0 Å². The van der Waals surface area contributed by atoms with Crippen LogP contribution in [0.5, 0.6) is 0 Å². The van der Waals surface area contributed by atoms with E-state index >= 15 is 0 Å². The van der Waals surface area contributed by atoms with Gasteiger partial charge in [-0.3, -0.25) is 9.48 Å². The molecule has 0 N–H and O–H groups in total. The van der Waals surface area contributed by atoms with Crippen LogP contribution in [0.25, 0.3) is 0 Å². The summed E-state index contributed by atoms with van der Waals surface area (Å²) >= 11 is 1.69. The van der Waals surface area contributed by atoms with Crippen LogP contribution in [0.2, 0.25) is 0 Å². The van der Waals surface area contributed by atoms with Crippen LogP contribution < -0.4 is 0 Å². The Hall–Kier alpha value is -1.62. The van der Waals surface area contributed by atoms with Gasteiger partial charge >= 0.3 is 0 Å². The molecule has 4 nitrogen and oxygen atoms in total. The standard InChI is InChI=1S/C15H21N3OS/c1-5-7-18-9-13(12(3)16-18)15(19)17(4)10-14-11(2)6-8-20-14/h6,8-9H,5,7,10H2,1-4H3. The first kappa shape index (κ1) is 14.8. The van der Waals surface area contributed by atoms with Gasteiger partial charge in [-0.15, -0.1) is 11.3 Å². The molecule has 0 bridgehead atoms. The molecule has 2 rings (SSSR count). The van der Waals surface area contributed by atoms with E-state index in [1.807, 2.05) is 24.9 Å². The first-order chi connectivity index (χ1) is 9.52. The molecule has 0 saturated carbocycles. The lowest BCUT2D eigenvalue weighted by Crippen LogP contribution is -2.26. The normalized spacial score (nSPS) is 10.8. The molecule has 5 heteroatoms. The highest BCUT2D eigenvalue weighted by atomic mass is 32.1. The van der Waals surface area contributed by atoms with Gasteiger partial charge in [0.25, 0.3) is 5.91 Å². The van der Waals surface area contributed by atoms with E-state index in [1.165, 1.54) is 10.4 Å². The molecule has 0 atom stereocenters. The summed E-state index contributed by atoms with van der Waals surface area (Å²) in [4.78, 5) is 15.5. The van der Waals surface area contributed by atoms with Gasteiger partial charge in [0.05, 0.1) is 17.8 Å². The maximum Gasteiger partial charge on any atom is 0.257 e. The number of hydrogen-bond acceptors (Lipinski definition) is 3. The van der Waals surface area contributed by atoms with Crippen molar-refractivity contribution in [2.24, 2.45) is 0 Å². The fourth-order valence-electron chi connectivity index (χ4n) is 2.13. The molecule has 0 aliphatic carbocycles. The molecular formula is C15H21N3OS. The highest BCUT2D eigenvalue weighted by Gasteiger charge is 2.18. The average molecular weight is 291 g/mol. The Bertz CT molecular complexity index is 600. The molecule has 2 aromatic heterocycles. The summed E-state index contributed by atoms with van der Waals surface area (Å²) in [5.74, 6) is 0.0395. The summed E-state index contributed by atoms with van der Waals surface area (Å²) in [5.41, 5.74) is 2.75. The van der Waals surface area contributed by atoms with E-state index in [0.717, 1.165) is 18.7 Å². The SMILES string of the molecule is CCCn1cc(C(=O)N(C)Cc2sccc2C)c(C)n1. The van der Waals surface area contributed by atoms with Crippen LogP contribution in [0.15, 0.2) is 17.6 Å². The zero-order valence-electron chi connectivity index (χ0n) is 12.5. The highest BCUT2D eigenvalue weighted by molar-refractivity contribution is 7.10. The smallest absolute Gasteiger partial charge is 0.257 e. The molecule has 0 aliphatic heterocycles. The Morgan fingerprint density at radius 3 is 2.80 bits per heavy atom. The first-order valence-corrected chi connectivity index (χ1v) is 7.73. The topological polar surface area (TPSA) is 38.1 Å². The second kappa shape index (κ2) is 6.22. The number of carbonyl (C=O) groups excluding carboxylic acids is 1. The molecule has 0 aromatic carbocycles. The van der Waals surface area contributed by atoms with Crippen LogP contribution in [0.1, 0.15) is 39.8 Å². The van der Waals surface area contributed by atoms with Gasteiger partial charge in [0.15, 0.2) is 0 Å². The molecule has 0 aliphatic rings. The highest BCUT2D eigenvalue weighted by Crippen LogP contribution is 2.19. The molecule has 2 aromatic rings. The monoisotopic (exact) mass is 291 g/mol. The van der Waals surface area contributed by atoms with Gasteiger partial charge in [-0.1, -0.05) is 6.92 Å². The molecule has 0 unspecified atom stereocenters. The maximum absolute atomic E-state index is 12.5. The molecule has 0 radical (unpaired) electrons. The third kappa shape index (κ3) is 3.10. The molecule has 20 heavy (non-hydrogen) atoms. The predicted molar refractivity (Wildman–Crippen MR) is 82.1 cm³/mol. The first-order valence-electron chi connectivity index (χ1n) is 6.85. The summed E-state index contributed by atoms with van der Waals surface area (Å²) in [6.45, 7) is 7.57. The van der Waals surface area contributed by atoms with Crippen LogP contribution in [-0.4, -0.2) is 27.6 Å².